The molecule has 0 saturated heterocycles. The summed E-state index contributed by atoms with van der Waals surface area (Å²) in [7, 11) is 4.03. The number of aliphatic hydroxyl groups excluding tert-OH is 1. The molecule has 2 N–H and O–H groups in total. The first-order valence-electron chi connectivity index (χ1n) is 7.37. The number of hydrogen-bond acceptors (Lipinski definition) is 4. The van der Waals surface area contributed by atoms with E-state index < -0.39 is 0 Å². The zero-order valence-corrected chi connectivity index (χ0v) is 12.7. The Bertz CT molecular complexity index is 432. The molecule has 1 fully saturated rings. The summed E-state index contributed by atoms with van der Waals surface area (Å²) in [6.07, 6.45) is 2.35. The van der Waals surface area contributed by atoms with Gasteiger partial charge in [-0.2, -0.15) is 0 Å². The second-order valence-corrected chi connectivity index (χ2v) is 5.80. The number of nitrogens with zero attached hydrogens (tertiary/aromatic N) is 1. The summed E-state index contributed by atoms with van der Waals surface area (Å²) in [5.41, 5.74) is 0.829. The molecule has 4 heteroatoms. The summed E-state index contributed by atoms with van der Waals surface area (Å²) < 4.78 is 5.96. The van der Waals surface area contributed by atoms with E-state index in [0.717, 1.165) is 18.0 Å². The standard InChI is InChI=1S/C16H26N2O2/c1-4-17-16(11-19,13-8-9-13)12-20-15-7-5-6-14(10-15)18(2)3/h5-7,10,13,17,19H,4,8-9,11-12H2,1-3H3. The molecular weight excluding hydrogens is 252 g/mol. The third-order valence-electron chi connectivity index (χ3n) is 4.00. The molecule has 0 heterocycles. The number of nitrogens with one attached hydrogen (secondary N) is 1. The third kappa shape index (κ3) is 3.44. The normalized spacial score (nSPS) is 17.6. The Morgan fingerprint density at radius 2 is 2.15 bits per heavy atom. The Morgan fingerprint density at radius 3 is 2.70 bits per heavy atom. The number of hydrogen-bond donors (Lipinski definition) is 2. The molecule has 1 aromatic carbocycles. The smallest absolute Gasteiger partial charge is 0.121 e. The zero-order chi connectivity index (χ0) is 14.6. The average molecular weight is 278 g/mol. The van der Waals surface area contributed by atoms with E-state index in [0.29, 0.717) is 12.5 Å². The lowest BCUT2D eigenvalue weighted by atomic mass is 9.95. The van der Waals surface area contributed by atoms with Gasteiger partial charge in [-0.05, 0) is 37.4 Å². The van der Waals surface area contributed by atoms with Crippen molar-refractivity contribution in [1.82, 2.24) is 5.32 Å². The minimum atomic E-state index is -0.289. The van der Waals surface area contributed by atoms with E-state index in [2.05, 4.69) is 23.2 Å². The lowest BCUT2D eigenvalue weighted by molar-refractivity contribution is 0.0864. The van der Waals surface area contributed by atoms with E-state index in [-0.39, 0.29) is 12.1 Å². The predicted molar refractivity (Wildman–Crippen MR) is 82.5 cm³/mol. The summed E-state index contributed by atoms with van der Waals surface area (Å²) in [5, 5.41) is 13.2. The highest BCUT2D eigenvalue weighted by Gasteiger charge is 2.45. The molecule has 1 aliphatic rings. The molecule has 0 aromatic heterocycles. The fourth-order valence-electron chi connectivity index (χ4n) is 2.60. The summed E-state index contributed by atoms with van der Waals surface area (Å²) in [4.78, 5) is 2.05. The molecule has 0 spiro atoms. The van der Waals surface area contributed by atoms with Gasteiger partial charge in [0.2, 0.25) is 0 Å². The van der Waals surface area contributed by atoms with E-state index in [1.165, 1.54) is 12.8 Å². The van der Waals surface area contributed by atoms with Crippen molar-refractivity contribution in [3.8, 4) is 5.75 Å². The molecule has 1 saturated carbocycles. The van der Waals surface area contributed by atoms with Gasteiger partial charge in [0.15, 0.2) is 0 Å². The second-order valence-electron chi connectivity index (χ2n) is 5.80. The molecule has 1 unspecified atom stereocenters. The Labute approximate surface area is 121 Å². The Balaban J connectivity index is 2.03. The van der Waals surface area contributed by atoms with Crippen molar-refractivity contribution in [3.63, 3.8) is 0 Å². The van der Waals surface area contributed by atoms with Gasteiger partial charge in [0.25, 0.3) is 0 Å². The summed E-state index contributed by atoms with van der Waals surface area (Å²) >= 11 is 0. The number of rotatable bonds is 8. The van der Waals surface area contributed by atoms with Crippen LogP contribution in [-0.4, -0.2) is 44.5 Å². The van der Waals surface area contributed by atoms with Gasteiger partial charge in [0, 0.05) is 25.8 Å². The van der Waals surface area contributed by atoms with Crippen molar-refractivity contribution in [2.75, 3.05) is 38.8 Å². The van der Waals surface area contributed by atoms with E-state index in [4.69, 9.17) is 4.74 Å². The van der Waals surface area contributed by atoms with Crippen LogP contribution in [0.3, 0.4) is 0 Å². The minimum Gasteiger partial charge on any atom is -0.491 e. The lowest BCUT2D eigenvalue weighted by Crippen LogP contribution is -2.55. The van der Waals surface area contributed by atoms with E-state index in [1.807, 2.05) is 32.3 Å². The Kier molecular flexibility index (Phi) is 4.89. The number of ether oxygens (including phenoxy) is 1. The van der Waals surface area contributed by atoms with Crippen LogP contribution >= 0.6 is 0 Å². The van der Waals surface area contributed by atoms with Crippen molar-refractivity contribution in [2.45, 2.75) is 25.3 Å². The molecule has 1 aliphatic carbocycles. The van der Waals surface area contributed by atoms with Gasteiger partial charge in [-0.1, -0.05) is 13.0 Å². The first-order chi connectivity index (χ1) is 9.61. The summed E-state index contributed by atoms with van der Waals surface area (Å²) in [6, 6.07) is 8.04. The third-order valence-corrected chi connectivity index (χ3v) is 4.00. The van der Waals surface area contributed by atoms with Gasteiger partial charge in [-0.25, -0.2) is 0 Å². The van der Waals surface area contributed by atoms with Crippen LogP contribution in [0.1, 0.15) is 19.8 Å². The number of aliphatic hydroxyl groups is 1. The monoisotopic (exact) mass is 278 g/mol. The van der Waals surface area contributed by atoms with Crippen molar-refractivity contribution in [2.24, 2.45) is 5.92 Å². The van der Waals surface area contributed by atoms with Gasteiger partial charge < -0.3 is 20.1 Å². The van der Waals surface area contributed by atoms with Crippen LogP contribution in [0.5, 0.6) is 5.75 Å². The minimum absolute atomic E-state index is 0.124. The molecule has 4 nitrogen and oxygen atoms in total. The van der Waals surface area contributed by atoms with Crippen LogP contribution in [0, 0.1) is 5.92 Å². The molecule has 1 aromatic rings. The summed E-state index contributed by atoms with van der Waals surface area (Å²) in [6.45, 7) is 3.55. The van der Waals surface area contributed by atoms with Gasteiger partial charge in [0.1, 0.15) is 12.4 Å². The van der Waals surface area contributed by atoms with E-state index in [1.54, 1.807) is 0 Å². The number of benzene rings is 1. The maximum Gasteiger partial charge on any atom is 0.121 e. The molecule has 0 radical (unpaired) electrons. The van der Waals surface area contributed by atoms with Crippen LogP contribution in [0.4, 0.5) is 5.69 Å². The second kappa shape index (κ2) is 6.46. The van der Waals surface area contributed by atoms with Crippen LogP contribution in [0.2, 0.25) is 0 Å². The topological polar surface area (TPSA) is 44.7 Å². The first-order valence-corrected chi connectivity index (χ1v) is 7.37. The van der Waals surface area contributed by atoms with Crippen molar-refractivity contribution < 1.29 is 9.84 Å². The van der Waals surface area contributed by atoms with Crippen LogP contribution in [0.15, 0.2) is 24.3 Å². The Morgan fingerprint density at radius 1 is 1.40 bits per heavy atom. The van der Waals surface area contributed by atoms with Gasteiger partial charge in [0.05, 0.1) is 12.1 Å². The highest BCUT2D eigenvalue weighted by molar-refractivity contribution is 5.49. The lowest BCUT2D eigenvalue weighted by Gasteiger charge is -2.33. The number of anilines is 1. The molecule has 112 valence electrons. The van der Waals surface area contributed by atoms with Crippen molar-refractivity contribution in [3.05, 3.63) is 24.3 Å². The van der Waals surface area contributed by atoms with Crippen molar-refractivity contribution >= 4 is 5.69 Å². The molecule has 1 atom stereocenters. The van der Waals surface area contributed by atoms with Gasteiger partial charge in [-0.3, -0.25) is 0 Å². The van der Waals surface area contributed by atoms with E-state index >= 15 is 0 Å². The highest BCUT2D eigenvalue weighted by Crippen LogP contribution is 2.40. The molecule has 2 rings (SSSR count). The maximum absolute atomic E-state index is 9.79. The largest absolute Gasteiger partial charge is 0.491 e. The van der Waals surface area contributed by atoms with Crippen molar-refractivity contribution in [1.29, 1.82) is 0 Å². The summed E-state index contributed by atoms with van der Waals surface area (Å²) in [5.74, 6) is 1.39. The van der Waals surface area contributed by atoms with Crippen LogP contribution in [0.25, 0.3) is 0 Å². The van der Waals surface area contributed by atoms with Crippen LogP contribution < -0.4 is 15.0 Å². The maximum atomic E-state index is 9.79. The molecule has 0 bridgehead atoms. The quantitative estimate of drug-likeness (QED) is 0.762. The fraction of sp³-hybridized carbons (Fsp3) is 0.625. The highest BCUT2D eigenvalue weighted by atomic mass is 16.5. The first kappa shape index (κ1) is 15.1. The Hall–Kier alpha value is -1.26. The molecular formula is C16H26N2O2. The molecule has 20 heavy (non-hydrogen) atoms. The average Bonchev–Trinajstić information content (AvgIpc) is 3.29. The van der Waals surface area contributed by atoms with Gasteiger partial charge in [-0.15, -0.1) is 0 Å². The predicted octanol–water partition coefficient (Wildman–Crippen LogP) is 1.88. The number of likely N-dealkylation sites (N-methyl/N-ethyl adjacent to an activating group) is 1. The molecule has 0 amide bonds. The fourth-order valence-corrected chi connectivity index (χ4v) is 2.60. The molecule has 0 aliphatic heterocycles. The van der Waals surface area contributed by atoms with Gasteiger partial charge >= 0.3 is 0 Å². The van der Waals surface area contributed by atoms with E-state index in [9.17, 15) is 5.11 Å². The zero-order valence-electron chi connectivity index (χ0n) is 12.7. The SMILES string of the molecule is CCNC(CO)(COc1cccc(N(C)C)c1)C1CC1. The van der Waals surface area contributed by atoms with Crippen LogP contribution in [-0.2, 0) is 0 Å².